The van der Waals surface area contributed by atoms with E-state index in [-0.39, 0.29) is 24.8 Å². The Bertz CT molecular complexity index is 1620. The van der Waals surface area contributed by atoms with E-state index < -0.39 is 20.3 Å². The first-order valence-electron chi connectivity index (χ1n) is 16.8. The molecule has 2 fully saturated rings. The molecule has 4 aliphatic rings. The van der Waals surface area contributed by atoms with E-state index in [4.69, 9.17) is 0 Å². The molecule has 1 heterocycles. The van der Waals surface area contributed by atoms with Crippen LogP contribution >= 0.6 is 0 Å². The third kappa shape index (κ3) is 5.03. The van der Waals surface area contributed by atoms with Crippen molar-refractivity contribution in [1.82, 2.24) is 0 Å². The summed E-state index contributed by atoms with van der Waals surface area (Å²) in [6.07, 6.45) is 11.2. The van der Waals surface area contributed by atoms with Gasteiger partial charge in [-0.15, -0.1) is 0 Å². The molecule has 4 atom stereocenters. The van der Waals surface area contributed by atoms with Gasteiger partial charge in [-0.1, -0.05) is 0 Å². The topological polar surface area (TPSA) is 0 Å². The van der Waals surface area contributed by atoms with Crippen molar-refractivity contribution in [2.45, 2.75) is 67.9 Å². The zero-order valence-electron chi connectivity index (χ0n) is 26.9. The largest absolute Gasteiger partial charge is 1.00 e. The molecule has 0 nitrogen and oxygen atoms in total. The van der Waals surface area contributed by atoms with Crippen molar-refractivity contribution in [3.8, 4) is 22.3 Å². The van der Waals surface area contributed by atoms with Crippen molar-refractivity contribution in [2.24, 2.45) is 11.8 Å². The van der Waals surface area contributed by atoms with Crippen molar-refractivity contribution < 1.29 is 45.1 Å². The Morgan fingerprint density at radius 2 is 0.911 bits per heavy atom. The zero-order valence-corrected chi connectivity index (χ0v) is 30.9. The number of hydrogen-bond acceptors (Lipinski definition) is 0. The SMILES string of the molecule is CC(C)C1=Cc2c(-c3ccccc3)cccc2[CH]1[Zr+2]1([CH]2C(C(C)C)=Cc3c(-c4ccccc4)cccc32)[CH]2CCCC[CH]21.[Cl-].[Cl-]. The van der Waals surface area contributed by atoms with Crippen LogP contribution in [-0.4, -0.2) is 0 Å². The van der Waals surface area contributed by atoms with E-state index in [1.165, 1.54) is 59.1 Å². The van der Waals surface area contributed by atoms with Gasteiger partial charge in [-0.3, -0.25) is 0 Å². The average Bonchev–Trinajstić information content (AvgIpc) is 3.32. The Kier molecular flexibility index (Phi) is 9.31. The smallest absolute Gasteiger partial charge is 1.00 e. The Labute approximate surface area is 287 Å². The van der Waals surface area contributed by atoms with Gasteiger partial charge < -0.3 is 24.8 Å². The predicted molar refractivity (Wildman–Crippen MR) is 181 cm³/mol. The first-order valence-corrected chi connectivity index (χ1v) is 22.5. The zero-order chi connectivity index (χ0) is 29.3. The molecule has 0 bridgehead atoms. The van der Waals surface area contributed by atoms with Crippen molar-refractivity contribution in [2.75, 3.05) is 0 Å². The molecular formula is C42H44Cl2Zr. The Balaban J connectivity index is 0.00000179. The van der Waals surface area contributed by atoms with E-state index in [2.05, 4.69) is 137 Å². The van der Waals surface area contributed by atoms with Crippen LogP contribution in [0.2, 0.25) is 7.25 Å². The normalized spacial score (nSPS) is 24.4. The fourth-order valence-electron chi connectivity index (χ4n) is 9.95. The summed E-state index contributed by atoms with van der Waals surface area (Å²) in [5.41, 5.74) is 15.6. The molecule has 0 aromatic heterocycles. The van der Waals surface area contributed by atoms with Gasteiger partial charge in [-0.05, 0) is 0 Å². The van der Waals surface area contributed by atoms with Gasteiger partial charge in [-0.2, -0.15) is 0 Å². The summed E-state index contributed by atoms with van der Waals surface area (Å²) in [6, 6.07) is 36.9. The maximum atomic E-state index is 2.69. The van der Waals surface area contributed by atoms with Gasteiger partial charge in [0.25, 0.3) is 0 Å². The van der Waals surface area contributed by atoms with Crippen LogP contribution in [0, 0.1) is 11.8 Å². The first kappa shape index (κ1) is 32.8. The molecule has 4 unspecified atom stereocenters. The number of rotatable bonds is 6. The van der Waals surface area contributed by atoms with Crippen LogP contribution in [-0.2, 0) is 20.3 Å². The Hall–Kier alpha value is -2.18. The van der Waals surface area contributed by atoms with Gasteiger partial charge in [-0.25, -0.2) is 0 Å². The van der Waals surface area contributed by atoms with Crippen molar-refractivity contribution in [3.63, 3.8) is 0 Å². The van der Waals surface area contributed by atoms with Gasteiger partial charge in [0.05, 0.1) is 0 Å². The molecule has 45 heavy (non-hydrogen) atoms. The minimum atomic E-state index is -3.03. The van der Waals surface area contributed by atoms with Crippen molar-refractivity contribution in [1.29, 1.82) is 0 Å². The fraction of sp³-hybridized carbons (Fsp3) is 0.333. The standard InChI is InChI=1S/2C18H17.C6H10.2ClH.Zr/c2*1-13(2)16-11-15-9-6-10-17(18(15)12-16)14-7-4-3-5-8-14;1-2-4-6-5-3-1;;;/h2*3-13H,1-2H3;1-2H,3-6H2;2*1H;/q;;;;;+2/p-2. The van der Waals surface area contributed by atoms with E-state index in [0.29, 0.717) is 19.1 Å². The molecular weight excluding hydrogens is 667 g/mol. The van der Waals surface area contributed by atoms with E-state index in [1.807, 2.05) is 0 Å². The summed E-state index contributed by atoms with van der Waals surface area (Å²) in [7, 11) is 0. The van der Waals surface area contributed by atoms with Crippen LogP contribution in [0.5, 0.6) is 0 Å². The quantitative estimate of drug-likeness (QED) is 0.223. The van der Waals surface area contributed by atoms with Crippen LogP contribution in [0.3, 0.4) is 0 Å². The van der Waals surface area contributed by atoms with E-state index in [9.17, 15) is 0 Å². The van der Waals surface area contributed by atoms with Crippen LogP contribution in [0.25, 0.3) is 34.4 Å². The summed E-state index contributed by atoms with van der Waals surface area (Å²) >= 11 is -3.03. The molecule has 4 aromatic carbocycles. The van der Waals surface area contributed by atoms with E-state index >= 15 is 0 Å². The minimum Gasteiger partial charge on any atom is -1.00 e. The molecule has 1 saturated heterocycles. The molecule has 8 rings (SSSR count). The summed E-state index contributed by atoms with van der Waals surface area (Å²) in [5.74, 6) is 1.14. The van der Waals surface area contributed by atoms with Crippen LogP contribution in [0.1, 0.15) is 82.9 Å². The van der Waals surface area contributed by atoms with Gasteiger partial charge >= 0.3 is 265 Å². The molecule has 3 aliphatic carbocycles. The summed E-state index contributed by atoms with van der Waals surface area (Å²) in [5, 5.41) is 0. The first-order chi connectivity index (χ1) is 21.0. The number of benzene rings is 4. The monoisotopic (exact) mass is 708 g/mol. The second-order valence-corrected chi connectivity index (χ2v) is 25.7. The molecule has 1 aliphatic heterocycles. The maximum absolute atomic E-state index is 3.03. The maximum Gasteiger partial charge on any atom is -1.00 e. The molecule has 0 radical (unpaired) electrons. The Morgan fingerprint density at radius 3 is 1.29 bits per heavy atom. The molecule has 0 N–H and O–H groups in total. The van der Waals surface area contributed by atoms with E-state index in [1.54, 1.807) is 22.3 Å². The van der Waals surface area contributed by atoms with Gasteiger partial charge in [0.2, 0.25) is 0 Å². The van der Waals surface area contributed by atoms with Crippen molar-refractivity contribution >= 4 is 12.2 Å². The summed E-state index contributed by atoms with van der Waals surface area (Å²) in [6.45, 7) is 9.92. The molecule has 0 amide bonds. The minimum absolute atomic E-state index is 0. The van der Waals surface area contributed by atoms with Gasteiger partial charge in [0.15, 0.2) is 0 Å². The third-order valence-electron chi connectivity index (χ3n) is 11.6. The number of allylic oxidation sites excluding steroid dienone is 2. The van der Waals surface area contributed by atoms with Crippen LogP contribution in [0.15, 0.2) is 108 Å². The van der Waals surface area contributed by atoms with Crippen LogP contribution < -0.4 is 24.8 Å². The molecule has 3 heteroatoms. The predicted octanol–water partition coefficient (Wildman–Crippen LogP) is 6.24. The average molecular weight is 711 g/mol. The van der Waals surface area contributed by atoms with E-state index in [0.717, 1.165) is 7.25 Å². The van der Waals surface area contributed by atoms with Gasteiger partial charge in [0.1, 0.15) is 0 Å². The number of hydrogen-bond donors (Lipinski definition) is 0. The second kappa shape index (κ2) is 12.8. The third-order valence-corrected chi connectivity index (χ3v) is 28.5. The molecule has 1 saturated carbocycles. The molecule has 0 spiro atoms. The van der Waals surface area contributed by atoms with Crippen molar-refractivity contribution in [3.05, 3.63) is 130 Å². The fourth-order valence-corrected chi connectivity index (χ4v) is 33.7. The summed E-state index contributed by atoms with van der Waals surface area (Å²) < 4.78 is 3.36. The number of halogens is 2. The molecule has 4 aromatic rings. The Morgan fingerprint density at radius 1 is 0.511 bits per heavy atom. The van der Waals surface area contributed by atoms with Crippen LogP contribution in [0.4, 0.5) is 0 Å². The second-order valence-electron chi connectivity index (χ2n) is 14.3. The van der Waals surface area contributed by atoms with Gasteiger partial charge in [0, 0.05) is 0 Å². The molecule has 230 valence electrons. The summed E-state index contributed by atoms with van der Waals surface area (Å²) in [4.78, 5) is 0. The number of fused-ring (bicyclic) bond motifs is 3.